The molecule has 0 saturated carbocycles. The van der Waals surface area contributed by atoms with Gasteiger partial charge in [-0.25, -0.2) is 0 Å². The van der Waals surface area contributed by atoms with Crippen LogP contribution in [-0.2, 0) is 4.79 Å². The van der Waals surface area contributed by atoms with Crippen molar-refractivity contribution in [3.63, 3.8) is 0 Å². The summed E-state index contributed by atoms with van der Waals surface area (Å²) in [7, 11) is 0. The number of pyridine rings is 1. The summed E-state index contributed by atoms with van der Waals surface area (Å²) in [5.41, 5.74) is 5.06. The first-order valence-electron chi connectivity index (χ1n) is 11.7. The van der Waals surface area contributed by atoms with Gasteiger partial charge in [-0.3, -0.25) is 9.78 Å². The molecule has 1 amide bonds. The summed E-state index contributed by atoms with van der Waals surface area (Å²) >= 11 is 5.74. The molecule has 0 aliphatic carbocycles. The summed E-state index contributed by atoms with van der Waals surface area (Å²) in [6, 6.07) is 25.8. The van der Waals surface area contributed by atoms with E-state index in [1.165, 1.54) is 0 Å². The molecule has 35 heavy (non-hydrogen) atoms. The molecular formula is C28H27N5OS. The van der Waals surface area contributed by atoms with Gasteiger partial charge in [-0.05, 0) is 67.2 Å². The number of para-hydroxylation sites is 1. The Bertz CT molecular complexity index is 1300. The van der Waals surface area contributed by atoms with Gasteiger partial charge >= 0.3 is 0 Å². The van der Waals surface area contributed by atoms with Crippen molar-refractivity contribution in [2.75, 3.05) is 11.9 Å². The molecule has 4 aromatic rings. The first-order chi connectivity index (χ1) is 17.1. The third-order valence-electron chi connectivity index (χ3n) is 6.22. The molecule has 2 aromatic heterocycles. The fourth-order valence-corrected chi connectivity index (χ4v) is 4.77. The number of anilines is 1. The molecule has 7 heteroatoms. The van der Waals surface area contributed by atoms with Crippen LogP contribution in [-0.4, -0.2) is 32.0 Å². The topological polar surface area (TPSA) is 62.2 Å². The predicted octanol–water partition coefficient (Wildman–Crippen LogP) is 5.18. The number of hydrogen-bond donors (Lipinski definition) is 2. The molecule has 6 nitrogen and oxygen atoms in total. The van der Waals surface area contributed by atoms with Crippen LogP contribution >= 0.6 is 12.2 Å². The number of aromatic nitrogens is 2. The Balaban J connectivity index is 1.38. The third-order valence-corrected chi connectivity index (χ3v) is 6.58. The molecule has 0 radical (unpaired) electrons. The Morgan fingerprint density at radius 3 is 2.54 bits per heavy atom. The van der Waals surface area contributed by atoms with Crippen molar-refractivity contribution in [1.29, 1.82) is 0 Å². The van der Waals surface area contributed by atoms with Crippen LogP contribution in [0.15, 0.2) is 97.5 Å². The minimum absolute atomic E-state index is 0.0430. The minimum Gasteiger partial charge on any atom is -0.352 e. The molecule has 2 N–H and O–H groups in total. The van der Waals surface area contributed by atoms with E-state index in [1.54, 1.807) is 6.20 Å². The van der Waals surface area contributed by atoms with E-state index in [9.17, 15) is 4.79 Å². The molecule has 1 fully saturated rings. The fourth-order valence-electron chi connectivity index (χ4n) is 4.44. The highest BCUT2D eigenvalue weighted by molar-refractivity contribution is 7.80. The smallest absolute Gasteiger partial charge is 0.226 e. The number of carbonyl (C=O) groups excluding carboxylic acids is 1. The average molecular weight is 482 g/mol. The monoisotopic (exact) mass is 481 g/mol. The molecule has 3 heterocycles. The lowest BCUT2D eigenvalue weighted by atomic mass is 9.99. The van der Waals surface area contributed by atoms with Crippen molar-refractivity contribution >= 4 is 28.9 Å². The molecule has 2 atom stereocenters. The highest BCUT2D eigenvalue weighted by Gasteiger charge is 2.40. The van der Waals surface area contributed by atoms with Crippen molar-refractivity contribution < 1.29 is 4.79 Å². The zero-order valence-electron chi connectivity index (χ0n) is 19.5. The fraction of sp³-hybridized carbons (Fsp3) is 0.179. The maximum absolute atomic E-state index is 12.7. The van der Waals surface area contributed by atoms with Gasteiger partial charge in [0.05, 0.1) is 17.8 Å². The van der Waals surface area contributed by atoms with E-state index >= 15 is 0 Å². The molecule has 176 valence electrons. The second kappa shape index (κ2) is 10.1. The van der Waals surface area contributed by atoms with Crippen molar-refractivity contribution in [3.05, 3.63) is 114 Å². The van der Waals surface area contributed by atoms with Crippen molar-refractivity contribution in [1.82, 2.24) is 19.8 Å². The van der Waals surface area contributed by atoms with Crippen LogP contribution in [0.25, 0.3) is 5.69 Å². The van der Waals surface area contributed by atoms with Gasteiger partial charge in [0.1, 0.15) is 0 Å². The lowest BCUT2D eigenvalue weighted by Crippen LogP contribution is -2.32. The SMILES string of the molecule is Cc1ccc(NC(=O)CCN2C(=S)N[C@@H](c3ccccn3)[C@H]2c2ccn(-c3ccccc3)c2)cc1. The Morgan fingerprint density at radius 1 is 1.03 bits per heavy atom. The van der Waals surface area contributed by atoms with Crippen molar-refractivity contribution in [2.24, 2.45) is 0 Å². The zero-order valence-corrected chi connectivity index (χ0v) is 20.3. The first-order valence-corrected chi connectivity index (χ1v) is 12.1. The summed E-state index contributed by atoms with van der Waals surface area (Å²) in [5, 5.41) is 7.06. The number of rotatable bonds is 7. The van der Waals surface area contributed by atoms with Crippen LogP contribution in [0.2, 0.25) is 0 Å². The Morgan fingerprint density at radius 2 is 1.80 bits per heavy atom. The van der Waals surface area contributed by atoms with E-state index in [1.807, 2.05) is 67.6 Å². The number of thiocarbonyl (C=S) groups is 1. The summed E-state index contributed by atoms with van der Waals surface area (Å²) in [6.45, 7) is 2.52. The van der Waals surface area contributed by atoms with Gasteiger partial charge in [0, 0.05) is 42.9 Å². The standard InChI is InChI=1S/C28H27N5OS/c1-20-10-12-22(13-11-20)30-25(34)15-18-33-27(26(31-28(33)35)24-9-5-6-16-29-24)21-14-17-32(19-21)23-7-3-2-4-8-23/h2-14,16-17,19,26-27H,15,18H2,1H3,(H,30,34)(H,31,35)/t26-,27+/m0/s1. The molecule has 1 saturated heterocycles. The van der Waals surface area contributed by atoms with Gasteiger partial charge < -0.3 is 20.1 Å². The minimum atomic E-state index is -0.115. The molecule has 0 unspecified atom stereocenters. The Hall–Kier alpha value is -3.97. The number of amides is 1. The maximum atomic E-state index is 12.7. The van der Waals surface area contributed by atoms with Crippen LogP contribution in [0.3, 0.4) is 0 Å². The summed E-state index contributed by atoms with van der Waals surface area (Å²) < 4.78 is 2.11. The molecular weight excluding hydrogens is 454 g/mol. The average Bonchev–Trinajstić information content (AvgIpc) is 3.50. The second-order valence-electron chi connectivity index (χ2n) is 8.67. The largest absolute Gasteiger partial charge is 0.352 e. The van der Waals surface area contributed by atoms with E-state index in [0.717, 1.165) is 28.2 Å². The third kappa shape index (κ3) is 5.10. The van der Waals surface area contributed by atoms with Gasteiger partial charge in [-0.15, -0.1) is 0 Å². The Kier molecular flexibility index (Phi) is 6.59. The van der Waals surface area contributed by atoms with Crippen LogP contribution in [0.4, 0.5) is 5.69 Å². The summed E-state index contributed by atoms with van der Waals surface area (Å²) in [5.74, 6) is -0.0430. The van der Waals surface area contributed by atoms with Crippen LogP contribution in [0.5, 0.6) is 0 Å². The summed E-state index contributed by atoms with van der Waals surface area (Å²) in [6.07, 6.45) is 6.30. The van der Waals surface area contributed by atoms with Crippen molar-refractivity contribution in [3.8, 4) is 5.69 Å². The van der Waals surface area contributed by atoms with E-state index in [-0.39, 0.29) is 18.0 Å². The van der Waals surface area contributed by atoms with E-state index in [4.69, 9.17) is 12.2 Å². The number of carbonyl (C=O) groups is 1. The number of hydrogen-bond acceptors (Lipinski definition) is 3. The zero-order chi connectivity index (χ0) is 24.2. The van der Waals surface area contributed by atoms with Gasteiger partial charge in [0.2, 0.25) is 5.91 Å². The number of aryl methyl sites for hydroxylation is 1. The van der Waals surface area contributed by atoms with E-state index < -0.39 is 0 Å². The lowest BCUT2D eigenvalue weighted by molar-refractivity contribution is -0.116. The molecule has 0 bridgehead atoms. The molecule has 1 aliphatic rings. The van der Waals surface area contributed by atoms with Crippen LogP contribution in [0.1, 0.15) is 35.3 Å². The molecule has 2 aromatic carbocycles. The van der Waals surface area contributed by atoms with Gasteiger partial charge in [0.25, 0.3) is 0 Å². The van der Waals surface area contributed by atoms with Gasteiger partial charge in [0.15, 0.2) is 5.11 Å². The molecule has 0 spiro atoms. The lowest BCUT2D eigenvalue weighted by Gasteiger charge is -2.27. The van der Waals surface area contributed by atoms with Crippen LogP contribution in [0, 0.1) is 6.92 Å². The van der Waals surface area contributed by atoms with E-state index in [2.05, 4.69) is 55.7 Å². The van der Waals surface area contributed by atoms with Crippen molar-refractivity contribution in [2.45, 2.75) is 25.4 Å². The number of nitrogens with zero attached hydrogens (tertiary/aromatic N) is 3. The quantitative estimate of drug-likeness (QED) is 0.356. The van der Waals surface area contributed by atoms with Crippen LogP contribution < -0.4 is 10.6 Å². The number of nitrogens with one attached hydrogen (secondary N) is 2. The highest BCUT2D eigenvalue weighted by atomic mass is 32.1. The highest BCUT2D eigenvalue weighted by Crippen LogP contribution is 2.39. The first kappa shape index (κ1) is 22.8. The molecule has 5 rings (SSSR count). The maximum Gasteiger partial charge on any atom is 0.226 e. The molecule has 1 aliphatic heterocycles. The Labute approximate surface area is 210 Å². The van der Waals surface area contributed by atoms with Gasteiger partial charge in [-0.2, -0.15) is 0 Å². The summed E-state index contributed by atoms with van der Waals surface area (Å²) in [4.78, 5) is 19.4. The van der Waals surface area contributed by atoms with Gasteiger partial charge in [-0.1, -0.05) is 42.0 Å². The normalized spacial score (nSPS) is 17.3. The van der Waals surface area contributed by atoms with E-state index in [0.29, 0.717) is 18.1 Å². The number of benzene rings is 2. The predicted molar refractivity (Wildman–Crippen MR) is 142 cm³/mol. The second-order valence-corrected chi connectivity index (χ2v) is 9.06.